The maximum atomic E-state index is 11.0. The van der Waals surface area contributed by atoms with Crippen molar-refractivity contribution >= 4 is 14.0 Å². The van der Waals surface area contributed by atoms with Gasteiger partial charge < -0.3 is 14.4 Å². The summed E-state index contributed by atoms with van der Waals surface area (Å²) in [6.07, 6.45) is 4.94. The molecule has 0 unspecified atom stereocenters. The van der Waals surface area contributed by atoms with Gasteiger partial charge in [-0.2, -0.15) is 0 Å². The standard InChI is InChI=1S/C15H21N3O3Si/c1-22(2,3)9-8-21-11-18-7-6-17-14(18)13-10-12(15(19)20)4-5-16-13/h4-7,10H,8-9,11H2,1-3H3,(H,19,20). The van der Waals surface area contributed by atoms with Gasteiger partial charge in [-0.05, 0) is 18.2 Å². The van der Waals surface area contributed by atoms with E-state index in [2.05, 4.69) is 29.6 Å². The maximum Gasteiger partial charge on any atom is 0.335 e. The zero-order chi connectivity index (χ0) is 16.2. The molecule has 0 aromatic carbocycles. The number of aromatic nitrogens is 3. The minimum atomic E-state index is -1.10. The molecule has 0 aliphatic carbocycles. The summed E-state index contributed by atoms with van der Waals surface area (Å²) in [6, 6.07) is 4.08. The van der Waals surface area contributed by atoms with Crippen LogP contribution in [-0.2, 0) is 11.5 Å². The zero-order valence-electron chi connectivity index (χ0n) is 13.1. The van der Waals surface area contributed by atoms with E-state index in [0.717, 1.165) is 12.7 Å². The molecule has 2 heterocycles. The molecule has 0 saturated heterocycles. The van der Waals surface area contributed by atoms with Crippen LogP contribution in [0.15, 0.2) is 30.7 Å². The lowest BCUT2D eigenvalue weighted by molar-refractivity contribution is 0.0697. The predicted molar refractivity (Wildman–Crippen MR) is 86.5 cm³/mol. The first-order valence-electron chi connectivity index (χ1n) is 7.15. The van der Waals surface area contributed by atoms with Crippen LogP contribution in [0.5, 0.6) is 0 Å². The summed E-state index contributed by atoms with van der Waals surface area (Å²) in [5, 5.41) is 9.05. The van der Waals surface area contributed by atoms with Gasteiger partial charge in [0.1, 0.15) is 12.4 Å². The molecule has 0 aliphatic rings. The lowest BCUT2D eigenvalue weighted by Crippen LogP contribution is -2.22. The Morgan fingerprint density at radius 2 is 2.09 bits per heavy atom. The van der Waals surface area contributed by atoms with E-state index in [-0.39, 0.29) is 5.56 Å². The van der Waals surface area contributed by atoms with E-state index < -0.39 is 14.0 Å². The molecular formula is C15H21N3O3Si. The van der Waals surface area contributed by atoms with Gasteiger partial charge in [0.15, 0.2) is 5.82 Å². The van der Waals surface area contributed by atoms with E-state index in [1.807, 2.05) is 4.57 Å². The van der Waals surface area contributed by atoms with Crippen LogP contribution in [0.1, 0.15) is 10.4 Å². The molecule has 2 aromatic heterocycles. The molecule has 2 rings (SSSR count). The van der Waals surface area contributed by atoms with Crippen LogP contribution in [0.4, 0.5) is 0 Å². The molecule has 0 bridgehead atoms. The van der Waals surface area contributed by atoms with Gasteiger partial charge >= 0.3 is 5.97 Å². The Kier molecular flexibility index (Phi) is 5.10. The molecule has 1 N–H and O–H groups in total. The fourth-order valence-electron chi connectivity index (χ4n) is 1.87. The van der Waals surface area contributed by atoms with Crippen molar-refractivity contribution in [1.82, 2.24) is 14.5 Å². The van der Waals surface area contributed by atoms with Crippen molar-refractivity contribution in [3.05, 3.63) is 36.3 Å². The quantitative estimate of drug-likeness (QED) is 0.627. The largest absolute Gasteiger partial charge is 0.478 e. The third kappa shape index (κ3) is 4.50. The first-order chi connectivity index (χ1) is 10.4. The van der Waals surface area contributed by atoms with Crippen molar-refractivity contribution in [2.45, 2.75) is 32.4 Å². The van der Waals surface area contributed by atoms with Gasteiger partial charge in [-0.1, -0.05) is 19.6 Å². The van der Waals surface area contributed by atoms with Crippen molar-refractivity contribution in [2.75, 3.05) is 6.61 Å². The highest BCUT2D eigenvalue weighted by atomic mass is 28.3. The summed E-state index contributed by atoms with van der Waals surface area (Å²) >= 11 is 0. The van der Waals surface area contributed by atoms with E-state index in [1.54, 1.807) is 12.4 Å². The molecule has 0 atom stereocenters. The summed E-state index contributed by atoms with van der Waals surface area (Å²) in [6.45, 7) is 8.02. The smallest absolute Gasteiger partial charge is 0.335 e. The number of rotatable bonds is 7. The highest BCUT2D eigenvalue weighted by molar-refractivity contribution is 6.76. The minimum absolute atomic E-state index is 0.194. The monoisotopic (exact) mass is 319 g/mol. The van der Waals surface area contributed by atoms with Crippen LogP contribution >= 0.6 is 0 Å². The maximum absolute atomic E-state index is 11.0. The molecule has 0 radical (unpaired) electrons. The van der Waals surface area contributed by atoms with Crippen molar-refractivity contribution in [2.24, 2.45) is 0 Å². The Morgan fingerprint density at radius 3 is 2.77 bits per heavy atom. The number of nitrogens with zero attached hydrogens (tertiary/aromatic N) is 3. The second-order valence-electron chi connectivity index (χ2n) is 6.30. The van der Waals surface area contributed by atoms with E-state index >= 15 is 0 Å². The van der Waals surface area contributed by atoms with Gasteiger partial charge in [0, 0.05) is 33.3 Å². The summed E-state index contributed by atoms with van der Waals surface area (Å²) in [4.78, 5) is 19.5. The van der Waals surface area contributed by atoms with Gasteiger partial charge in [0.2, 0.25) is 0 Å². The van der Waals surface area contributed by atoms with E-state index in [0.29, 0.717) is 18.2 Å². The van der Waals surface area contributed by atoms with Gasteiger partial charge in [-0.25, -0.2) is 9.78 Å². The molecule has 0 aliphatic heterocycles. The second kappa shape index (κ2) is 6.84. The van der Waals surface area contributed by atoms with Gasteiger partial charge in [0.05, 0.1) is 5.56 Å². The van der Waals surface area contributed by atoms with Crippen LogP contribution in [0.25, 0.3) is 11.5 Å². The van der Waals surface area contributed by atoms with Crippen LogP contribution in [0, 0.1) is 0 Å². The number of hydrogen-bond acceptors (Lipinski definition) is 4. The fraction of sp³-hybridized carbons (Fsp3) is 0.400. The van der Waals surface area contributed by atoms with Crippen molar-refractivity contribution in [1.29, 1.82) is 0 Å². The van der Waals surface area contributed by atoms with Gasteiger partial charge in [-0.3, -0.25) is 4.98 Å². The third-order valence-corrected chi connectivity index (χ3v) is 4.88. The number of carboxylic acids is 1. The molecule has 0 saturated carbocycles. The summed E-state index contributed by atoms with van der Waals surface area (Å²) in [7, 11) is -1.10. The predicted octanol–water partition coefficient (Wildman–Crippen LogP) is 2.96. The van der Waals surface area contributed by atoms with Crippen molar-refractivity contribution in [3.63, 3.8) is 0 Å². The third-order valence-electron chi connectivity index (χ3n) is 3.18. The van der Waals surface area contributed by atoms with Gasteiger partial charge in [-0.15, -0.1) is 0 Å². The molecule has 2 aromatic rings. The molecule has 22 heavy (non-hydrogen) atoms. The SMILES string of the molecule is C[Si](C)(C)CCOCn1ccnc1-c1cc(C(=O)O)ccn1. The van der Waals surface area contributed by atoms with Crippen molar-refractivity contribution < 1.29 is 14.6 Å². The lowest BCUT2D eigenvalue weighted by atomic mass is 10.2. The minimum Gasteiger partial charge on any atom is -0.478 e. The average molecular weight is 319 g/mol. The molecule has 118 valence electrons. The Hall–Kier alpha value is -1.99. The van der Waals surface area contributed by atoms with E-state index in [4.69, 9.17) is 9.84 Å². The van der Waals surface area contributed by atoms with Gasteiger partial charge in [0.25, 0.3) is 0 Å². The fourth-order valence-corrected chi connectivity index (χ4v) is 2.63. The number of hydrogen-bond donors (Lipinski definition) is 1. The normalized spacial score (nSPS) is 11.6. The summed E-state index contributed by atoms with van der Waals surface area (Å²) in [5.41, 5.74) is 0.720. The highest BCUT2D eigenvalue weighted by Crippen LogP contribution is 2.16. The Morgan fingerprint density at radius 1 is 1.32 bits per heavy atom. The molecule has 0 spiro atoms. The average Bonchev–Trinajstić information content (AvgIpc) is 2.91. The van der Waals surface area contributed by atoms with Crippen molar-refractivity contribution in [3.8, 4) is 11.5 Å². The van der Waals surface area contributed by atoms with Crippen LogP contribution in [0.2, 0.25) is 25.7 Å². The number of pyridine rings is 1. The Labute approximate surface area is 130 Å². The number of carboxylic acid groups (broad SMARTS) is 1. The highest BCUT2D eigenvalue weighted by Gasteiger charge is 2.13. The van der Waals surface area contributed by atoms with Crippen LogP contribution in [0.3, 0.4) is 0 Å². The molecular weight excluding hydrogens is 298 g/mol. The lowest BCUT2D eigenvalue weighted by Gasteiger charge is -2.16. The number of imidazole rings is 1. The first kappa shape index (κ1) is 16.4. The molecule has 0 amide bonds. The second-order valence-corrected chi connectivity index (χ2v) is 11.9. The van der Waals surface area contributed by atoms with E-state index in [9.17, 15) is 4.79 Å². The molecule has 0 fully saturated rings. The number of ether oxygens (including phenoxy) is 1. The summed E-state index contributed by atoms with van der Waals surface area (Å²) in [5.74, 6) is -0.371. The van der Waals surface area contributed by atoms with Crippen LogP contribution < -0.4 is 0 Å². The van der Waals surface area contributed by atoms with Crippen LogP contribution in [-0.4, -0.2) is 40.3 Å². The number of aromatic carboxylic acids is 1. The first-order valence-corrected chi connectivity index (χ1v) is 10.9. The Balaban J connectivity index is 2.06. The summed E-state index contributed by atoms with van der Waals surface area (Å²) < 4.78 is 7.54. The topological polar surface area (TPSA) is 77.2 Å². The Bertz CT molecular complexity index is 649. The van der Waals surface area contributed by atoms with E-state index in [1.165, 1.54) is 18.3 Å². The molecule has 7 heteroatoms. The number of carbonyl (C=O) groups is 1. The zero-order valence-corrected chi connectivity index (χ0v) is 14.1. The molecule has 6 nitrogen and oxygen atoms in total.